The predicted molar refractivity (Wildman–Crippen MR) is 77.3 cm³/mol. The molecule has 2 aromatic heterocycles. The third-order valence-electron chi connectivity index (χ3n) is 2.45. The molecular weight excluding hydrogens is 264 g/mol. The topological polar surface area (TPSA) is 80.0 Å². The Bertz CT molecular complexity index is 552. The molecule has 7 heteroatoms. The van der Waals surface area contributed by atoms with Crippen LogP contribution in [0.2, 0.25) is 5.15 Å². The van der Waals surface area contributed by atoms with Gasteiger partial charge in [0.2, 0.25) is 5.95 Å². The highest BCUT2D eigenvalue weighted by Crippen LogP contribution is 2.15. The van der Waals surface area contributed by atoms with Gasteiger partial charge in [-0.05, 0) is 17.7 Å². The van der Waals surface area contributed by atoms with Crippen molar-refractivity contribution in [3.05, 3.63) is 35.1 Å². The van der Waals surface area contributed by atoms with Crippen molar-refractivity contribution in [2.45, 2.75) is 6.54 Å². The lowest BCUT2D eigenvalue weighted by molar-refractivity contribution is 1.04. The summed E-state index contributed by atoms with van der Waals surface area (Å²) < 4.78 is 0. The number of nitrogens with two attached hydrogens (primary N) is 1. The van der Waals surface area contributed by atoms with Crippen molar-refractivity contribution >= 4 is 29.2 Å². The molecule has 2 rings (SSSR count). The summed E-state index contributed by atoms with van der Waals surface area (Å²) in [6.07, 6.45) is 1.77. The fourth-order valence-electron chi connectivity index (χ4n) is 1.53. The minimum Gasteiger partial charge on any atom is -0.368 e. The summed E-state index contributed by atoms with van der Waals surface area (Å²) in [7, 11) is 3.90. The molecule has 0 bridgehead atoms. The van der Waals surface area contributed by atoms with E-state index in [1.807, 2.05) is 31.1 Å². The average Bonchev–Trinajstić information content (AvgIpc) is 2.35. The highest BCUT2D eigenvalue weighted by atomic mass is 35.5. The summed E-state index contributed by atoms with van der Waals surface area (Å²) in [6.45, 7) is 0.607. The summed E-state index contributed by atoms with van der Waals surface area (Å²) in [5, 5.41) is 3.47. The van der Waals surface area contributed by atoms with Crippen LogP contribution in [0.3, 0.4) is 0 Å². The number of hydrogen-bond donors (Lipinski definition) is 2. The minimum atomic E-state index is 0.152. The van der Waals surface area contributed by atoms with Crippen LogP contribution < -0.4 is 16.0 Å². The van der Waals surface area contributed by atoms with Gasteiger partial charge in [-0.1, -0.05) is 11.6 Å². The van der Waals surface area contributed by atoms with Crippen molar-refractivity contribution in [1.82, 2.24) is 15.0 Å². The first-order valence-corrected chi connectivity index (χ1v) is 6.08. The standard InChI is InChI=1S/C12H15ClN6/c1-19(2)11-5-8(3-4-15-11)7-16-10-6-9(13)17-12(14)18-10/h3-6H,7H2,1-2H3,(H3,14,16,17,18). The molecule has 0 saturated carbocycles. The lowest BCUT2D eigenvalue weighted by atomic mass is 10.2. The Morgan fingerprint density at radius 1 is 1.32 bits per heavy atom. The van der Waals surface area contributed by atoms with Crippen LogP contribution >= 0.6 is 11.6 Å². The Kier molecular flexibility index (Phi) is 4.01. The second-order valence-electron chi connectivity index (χ2n) is 4.20. The molecule has 6 nitrogen and oxygen atoms in total. The number of halogens is 1. The third kappa shape index (κ3) is 3.69. The van der Waals surface area contributed by atoms with Gasteiger partial charge < -0.3 is 16.0 Å². The van der Waals surface area contributed by atoms with E-state index in [1.54, 1.807) is 12.3 Å². The van der Waals surface area contributed by atoms with E-state index in [9.17, 15) is 0 Å². The first kappa shape index (κ1) is 13.4. The molecule has 0 radical (unpaired) electrons. The molecule has 2 heterocycles. The second-order valence-corrected chi connectivity index (χ2v) is 4.59. The Morgan fingerprint density at radius 3 is 2.79 bits per heavy atom. The molecule has 0 aliphatic carbocycles. The van der Waals surface area contributed by atoms with E-state index in [-0.39, 0.29) is 5.95 Å². The molecule has 0 aliphatic rings. The predicted octanol–water partition coefficient (Wildman–Crippen LogP) is 1.79. The summed E-state index contributed by atoms with van der Waals surface area (Å²) in [5.74, 6) is 1.65. The zero-order chi connectivity index (χ0) is 13.8. The number of pyridine rings is 1. The molecule has 0 unspecified atom stereocenters. The second kappa shape index (κ2) is 5.71. The molecule has 0 amide bonds. The number of aromatic nitrogens is 3. The number of rotatable bonds is 4. The van der Waals surface area contributed by atoms with Crippen molar-refractivity contribution in [2.75, 3.05) is 30.0 Å². The van der Waals surface area contributed by atoms with E-state index in [1.165, 1.54) is 0 Å². The van der Waals surface area contributed by atoms with Gasteiger partial charge in [-0.15, -0.1) is 0 Å². The molecule has 0 aliphatic heterocycles. The molecule has 100 valence electrons. The Morgan fingerprint density at radius 2 is 2.11 bits per heavy atom. The zero-order valence-electron chi connectivity index (χ0n) is 10.8. The van der Waals surface area contributed by atoms with Gasteiger partial charge in [0.25, 0.3) is 0 Å². The van der Waals surface area contributed by atoms with Gasteiger partial charge in [0, 0.05) is 32.9 Å². The maximum atomic E-state index is 5.81. The Hall–Kier alpha value is -2.08. The smallest absolute Gasteiger partial charge is 0.223 e. The van der Waals surface area contributed by atoms with Gasteiger partial charge in [-0.2, -0.15) is 4.98 Å². The summed E-state index contributed by atoms with van der Waals surface area (Å²) in [6, 6.07) is 5.57. The summed E-state index contributed by atoms with van der Waals surface area (Å²) >= 11 is 5.81. The molecular formula is C12H15ClN6. The van der Waals surface area contributed by atoms with E-state index in [2.05, 4.69) is 20.3 Å². The maximum absolute atomic E-state index is 5.81. The molecule has 0 aromatic carbocycles. The van der Waals surface area contributed by atoms with Crippen LogP contribution in [-0.4, -0.2) is 29.0 Å². The molecule has 0 fully saturated rings. The van der Waals surface area contributed by atoms with Crippen molar-refractivity contribution in [2.24, 2.45) is 0 Å². The SMILES string of the molecule is CN(C)c1cc(CNc2cc(Cl)nc(N)n2)ccn1. The highest BCUT2D eigenvalue weighted by Gasteiger charge is 2.02. The van der Waals surface area contributed by atoms with Crippen LogP contribution in [0, 0.1) is 0 Å². The first-order valence-electron chi connectivity index (χ1n) is 5.71. The van der Waals surface area contributed by atoms with E-state index >= 15 is 0 Å². The third-order valence-corrected chi connectivity index (χ3v) is 2.65. The van der Waals surface area contributed by atoms with E-state index < -0.39 is 0 Å². The molecule has 0 saturated heterocycles. The summed E-state index contributed by atoms with van der Waals surface area (Å²) in [5.41, 5.74) is 6.62. The van der Waals surface area contributed by atoms with Gasteiger partial charge >= 0.3 is 0 Å². The van der Waals surface area contributed by atoms with Crippen molar-refractivity contribution < 1.29 is 0 Å². The van der Waals surface area contributed by atoms with Crippen LogP contribution in [0.25, 0.3) is 0 Å². The number of nitrogens with one attached hydrogen (secondary N) is 1. The monoisotopic (exact) mass is 278 g/mol. The maximum Gasteiger partial charge on any atom is 0.223 e. The number of nitrogens with zero attached hydrogens (tertiary/aromatic N) is 4. The van der Waals surface area contributed by atoms with Crippen LogP contribution in [0.4, 0.5) is 17.6 Å². The van der Waals surface area contributed by atoms with Gasteiger partial charge in [-0.25, -0.2) is 9.97 Å². The fraction of sp³-hybridized carbons (Fsp3) is 0.250. The Labute approximate surface area is 116 Å². The van der Waals surface area contributed by atoms with Gasteiger partial charge in [-0.3, -0.25) is 0 Å². The first-order chi connectivity index (χ1) is 9.04. The molecule has 0 atom stereocenters. The van der Waals surface area contributed by atoms with Gasteiger partial charge in [0.15, 0.2) is 0 Å². The number of nitrogen functional groups attached to an aromatic ring is 1. The van der Waals surface area contributed by atoms with Crippen molar-refractivity contribution in [3.63, 3.8) is 0 Å². The van der Waals surface area contributed by atoms with Crippen molar-refractivity contribution in [3.8, 4) is 0 Å². The highest BCUT2D eigenvalue weighted by molar-refractivity contribution is 6.29. The molecule has 2 aromatic rings. The normalized spacial score (nSPS) is 10.3. The largest absolute Gasteiger partial charge is 0.368 e. The minimum absolute atomic E-state index is 0.152. The quantitative estimate of drug-likeness (QED) is 0.830. The lowest BCUT2D eigenvalue weighted by Crippen LogP contribution is -2.11. The number of hydrogen-bond acceptors (Lipinski definition) is 6. The van der Waals surface area contributed by atoms with E-state index in [0.717, 1.165) is 11.4 Å². The van der Waals surface area contributed by atoms with Crippen molar-refractivity contribution in [1.29, 1.82) is 0 Å². The van der Waals surface area contributed by atoms with Gasteiger partial charge in [0.05, 0.1) is 0 Å². The fourth-order valence-corrected chi connectivity index (χ4v) is 1.72. The van der Waals surface area contributed by atoms with Crippen LogP contribution in [0.5, 0.6) is 0 Å². The van der Waals surface area contributed by atoms with Gasteiger partial charge in [0.1, 0.15) is 16.8 Å². The van der Waals surface area contributed by atoms with E-state index in [4.69, 9.17) is 17.3 Å². The molecule has 19 heavy (non-hydrogen) atoms. The average molecular weight is 279 g/mol. The number of anilines is 3. The molecule has 0 spiro atoms. The van der Waals surface area contributed by atoms with Crippen LogP contribution in [-0.2, 0) is 6.54 Å². The van der Waals surface area contributed by atoms with E-state index in [0.29, 0.717) is 17.5 Å². The zero-order valence-corrected chi connectivity index (χ0v) is 11.5. The lowest BCUT2D eigenvalue weighted by Gasteiger charge is -2.12. The van der Waals surface area contributed by atoms with Crippen LogP contribution in [0.15, 0.2) is 24.4 Å². The Balaban J connectivity index is 2.07. The molecule has 3 N–H and O–H groups in total. The summed E-state index contributed by atoms with van der Waals surface area (Å²) in [4.78, 5) is 14.1. The van der Waals surface area contributed by atoms with Crippen LogP contribution in [0.1, 0.15) is 5.56 Å².